The topological polar surface area (TPSA) is 76.6 Å². The van der Waals surface area contributed by atoms with Crippen molar-refractivity contribution < 1.29 is 18.9 Å². The Bertz CT molecular complexity index is 1020. The summed E-state index contributed by atoms with van der Waals surface area (Å²) < 4.78 is 5.57. The fraction of sp³-hybridized carbons (Fsp3) is 0.350. The molecule has 3 aromatic heterocycles. The van der Waals surface area contributed by atoms with Gasteiger partial charge < -0.3 is 14.6 Å². The van der Waals surface area contributed by atoms with Crippen molar-refractivity contribution >= 4 is 38.9 Å². The smallest absolute Gasteiger partial charge is 0.279 e. The molecule has 0 aliphatic carbocycles. The number of aryl methyl sites for hydroxylation is 3. The molecule has 7 heteroatoms. The fourth-order valence-electron chi connectivity index (χ4n) is 3.21. The Kier molecular flexibility index (Phi) is 5.43. The Morgan fingerprint density at radius 2 is 2.00 bits per heavy atom. The maximum absolute atomic E-state index is 12.6. The van der Waals surface area contributed by atoms with Crippen molar-refractivity contribution in [3.63, 3.8) is 0 Å². The van der Waals surface area contributed by atoms with E-state index in [2.05, 4.69) is 10.3 Å². The van der Waals surface area contributed by atoms with E-state index in [0.717, 1.165) is 37.9 Å². The molecular formula is C20H24N3O3S+. The van der Waals surface area contributed by atoms with Crippen molar-refractivity contribution in [1.82, 2.24) is 4.98 Å². The Balaban J connectivity index is 1.81. The van der Waals surface area contributed by atoms with Gasteiger partial charge in [-0.15, -0.1) is 11.3 Å². The molecule has 0 bridgehead atoms. The van der Waals surface area contributed by atoms with E-state index in [4.69, 9.17) is 4.42 Å². The molecule has 27 heavy (non-hydrogen) atoms. The number of nitrogens with zero attached hydrogens (tertiary/aromatic N) is 1. The number of nitrogens with one attached hydrogen (secondary N) is 2. The van der Waals surface area contributed by atoms with Crippen LogP contribution in [0.25, 0.3) is 10.2 Å². The van der Waals surface area contributed by atoms with Gasteiger partial charge in [0.1, 0.15) is 17.1 Å². The molecule has 0 aliphatic heterocycles. The maximum Gasteiger partial charge on any atom is 0.279 e. The molecule has 1 amide bonds. The third-order valence-electron chi connectivity index (χ3n) is 4.31. The van der Waals surface area contributed by atoms with Crippen molar-refractivity contribution in [1.29, 1.82) is 0 Å². The van der Waals surface area contributed by atoms with E-state index in [1.165, 1.54) is 18.3 Å². The monoisotopic (exact) mass is 386 g/mol. The third-order valence-corrected chi connectivity index (χ3v) is 5.49. The van der Waals surface area contributed by atoms with Crippen LogP contribution in [-0.4, -0.2) is 30.3 Å². The molecule has 2 N–H and O–H groups in total. The van der Waals surface area contributed by atoms with Crippen molar-refractivity contribution in [3.8, 4) is 0 Å². The largest absolute Gasteiger partial charge is 0.460 e. The van der Waals surface area contributed by atoms with E-state index in [-0.39, 0.29) is 18.2 Å². The zero-order valence-corrected chi connectivity index (χ0v) is 17.0. The molecule has 0 radical (unpaired) electrons. The molecule has 0 fully saturated rings. The SMILES string of the molecule is CC(=O)c1sc2nc(C)cc(C)c2c1NC(=O)C[NH+](C)Cc1ccc(C)o1. The summed E-state index contributed by atoms with van der Waals surface area (Å²) in [5, 5.41) is 3.81. The van der Waals surface area contributed by atoms with Gasteiger partial charge in [0.25, 0.3) is 5.91 Å². The van der Waals surface area contributed by atoms with E-state index in [1.54, 1.807) is 0 Å². The molecule has 0 aromatic carbocycles. The van der Waals surface area contributed by atoms with Crippen LogP contribution < -0.4 is 10.2 Å². The number of pyridine rings is 1. The number of quaternary nitrogens is 1. The molecule has 3 heterocycles. The number of thiophene rings is 1. The second-order valence-corrected chi connectivity index (χ2v) is 7.99. The number of fused-ring (bicyclic) bond motifs is 1. The minimum absolute atomic E-state index is 0.0721. The van der Waals surface area contributed by atoms with Gasteiger partial charge in [-0.2, -0.15) is 0 Å². The normalized spacial score (nSPS) is 12.3. The number of carbonyl (C=O) groups excluding carboxylic acids is 2. The molecule has 0 saturated heterocycles. The lowest BCUT2D eigenvalue weighted by Gasteiger charge is -2.13. The predicted octanol–water partition coefficient (Wildman–Crippen LogP) is 2.67. The predicted molar refractivity (Wildman–Crippen MR) is 107 cm³/mol. The van der Waals surface area contributed by atoms with E-state index in [0.29, 0.717) is 17.1 Å². The average Bonchev–Trinajstić information content (AvgIpc) is 3.10. The lowest BCUT2D eigenvalue weighted by Crippen LogP contribution is -3.08. The first-order valence-corrected chi connectivity index (χ1v) is 9.64. The van der Waals surface area contributed by atoms with Crippen LogP contribution >= 0.6 is 11.3 Å². The number of carbonyl (C=O) groups is 2. The highest BCUT2D eigenvalue weighted by Crippen LogP contribution is 2.37. The summed E-state index contributed by atoms with van der Waals surface area (Å²) in [6, 6.07) is 5.80. The second-order valence-electron chi connectivity index (χ2n) is 6.99. The second kappa shape index (κ2) is 7.62. The first-order valence-electron chi connectivity index (χ1n) is 8.82. The molecule has 6 nitrogen and oxygen atoms in total. The Morgan fingerprint density at radius 3 is 2.63 bits per heavy atom. The van der Waals surface area contributed by atoms with Crippen LogP contribution in [0.1, 0.15) is 39.4 Å². The minimum atomic E-state index is -0.141. The molecule has 3 rings (SSSR count). The van der Waals surface area contributed by atoms with Gasteiger partial charge in [-0.05, 0) is 44.5 Å². The standard InChI is InChI=1S/C20H23N3O3S/c1-11-8-12(2)21-20-17(11)18(19(27-20)14(4)24)22-16(25)10-23(5)9-15-7-6-13(3)26-15/h6-8H,9-10H2,1-5H3,(H,22,25)/p+1. The van der Waals surface area contributed by atoms with Gasteiger partial charge in [0, 0.05) is 18.0 Å². The first kappa shape index (κ1) is 19.3. The fourth-order valence-corrected chi connectivity index (χ4v) is 4.35. The van der Waals surface area contributed by atoms with Crippen molar-refractivity contribution in [2.75, 3.05) is 18.9 Å². The van der Waals surface area contributed by atoms with Crippen LogP contribution in [0.5, 0.6) is 0 Å². The lowest BCUT2D eigenvalue weighted by molar-refractivity contribution is -0.886. The molecule has 1 atom stereocenters. The Hall–Kier alpha value is -2.51. The van der Waals surface area contributed by atoms with Crippen LogP contribution in [0, 0.1) is 20.8 Å². The van der Waals surface area contributed by atoms with Crippen molar-refractivity contribution in [2.24, 2.45) is 0 Å². The number of furan rings is 1. The summed E-state index contributed by atoms with van der Waals surface area (Å²) >= 11 is 1.33. The molecule has 0 spiro atoms. The quantitative estimate of drug-likeness (QED) is 0.639. The molecule has 0 saturated carbocycles. The number of amides is 1. The number of ketones is 1. The van der Waals surface area contributed by atoms with Gasteiger partial charge in [0.15, 0.2) is 18.1 Å². The summed E-state index contributed by atoms with van der Waals surface area (Å²) in [7, 11) is 1.94. The van der Waals surface area contributed by atoms with Crippen LogP contribution in [0.4, 0.5) is 5.69 Å². The summed E-state index contributed by atoms with van der Waals surface area (Å²) in [6.45, 7) is 8.19. The van der Waals surface area contributed by atoms with E-state index in [1.807, 2.05) is 46.0 Å². The van der Waals surface area contributed by atoms with Crippen molar-refractivity contribution in [3.05, 3.63) is 45.9 Å². The van der Waals surface area contributed by atoms with E-state index < -0.39 is 0 Å². The number of likely N-dealkylation sites (N-methyl/N-ethyl adjacent to an activating group) is 1. The Morgan fingerprint density at radius 1 is 1.26 bits per heavy atom. The number of aromatic nitrogens is 1. The van der Waals surface area contributed by atoms with Gasteiger partial charge in [-0.1, -0.05) is 0 Å². The minimum Gasteiger partial charge on any atom is -0.460 e. The Labute approximate surface area is 162 Å². The summed E-state index contributed by atoms with van der Waals surface area (Å²) in [4.78, 5) is 31.6. The van der Waals surface area contributed by atoms with Crippen LogP contribution in [0.2, 0.25) is 0 Å². The highest BCUT2D eigenvalue weighted by atomic mass is 32.1. The van der Waals surface area contributed by atoms with Gasteiger partial charge in [-0.3, -0.25) is 9.59 Å². The molecule has 0 aliphatic rings. The molecule has 142 valence electrons. The number of anilines is 1. The third kappa shape index (κ3) is 4.26. The van der Waals surface area contributed by atoms with Gasteiger partial charge in [-0.25, -0.2) is 4.98 Å². The van der Waals surface area contributed by atoms with Gasteiger partial charge in [0.05, 0.1) is 17.6 Å². The number of rotatable bonds is 6. The number of Topliss-reactive ketones (excluding diaryl/α,β-unsaturated/α-hetero) is 1. The zero-order valence-electron chi connectivity index (χ0n) is 16.2. The van der Waals surface area contributed by atoms with Crippen LogP contribution in [0.3, 0.4) is 0 Å². The summed E-state index contributed by atoms with van der Waals surface area (Å²) in [5.74, 6) is 1.49. The number of hydrogen-bond donors (Lipinski definition) is 2. The zero-order chi connectivity index (χ0) is 19.7. The van der Waals surface area contributed by atoms with Gasteiger partial charge >= 0.3 is 0 Å². The van der Waals surface area contributed by atoms with Crippen molar-refractivity contribution in [2.45, 2.75) is 34.2 Å². The van der Waals surface area contributed by atoms with Crippen LogP contribution in [0.15, 0.2) is 22.6 Å². The molecular weight excluding hydrogens is 362 g/mol. The average molecular weight is 386 g/mol. The van der Waals surface area contributed by atoms with Gasteiger partial charge in [0.2, 0.25) is 0 Å². The highest BCUT2D eigenvalue weighted by Gasteiger charge is 2.22. The molecule has 1 unspecified atom stereocenters. The van der Waals surface area contributed by atoms with E-state index >= 15 is 0 Å². The van der Waals surface area contributed by atoms with Crippen LogP contribution in [-0.2, 0) is 11.3 Å². The molecule has 3 aromatic rings. The highest BCUT2D eigenvalue weighted by molar-refractivity contribution is 7.21. The lowest BCUT2D eigenvalue weighted by atomic mass is 10.1. The number of hydrogen-bond acceptors (Lipinski definition) is 5. The maximum atomic E-state index is 12.6. The summed E-state index contributed by atoms with van der Waals surface area (Å²) in [5.41, 5.74) is 2.48. The van der Waals surface area contributed by atoms with E-state index in [9.17, 15) is 9.59 Å². The summed E-state index contributed by atoms with van der Waals surface area (Å²) in [6.07, 6.45) is 0. The first-order chi connectivity index (χ1) is 12.7.